The molecule has 0 amide bonds. The molecule has 0 radical (unpaired) electrons. The molecule has 1 aliphatic heterocycles. The highest BCUT2D eigenvalue weighted by molar-refractivity contribution is 6.01. The van der Waals surface area contributed by atoms with E-state index in [1.54, 1.807) is 7.11 Å². The molecule has 0 saturated heterocycles. The third-order valence-electron chi connectivity index (χ3n) is 3.68. The van der Waals surface area contributed by atoms with Crippen molar-refractivity contribution in [3.05, 3.63) is 65.7 Å². The maximum Gasteiger partial charge on any atom is 0.145 e. The molecule has 0 bridgehead atoms. The fourth-order valence-corrected chi connectivity index (χ4v) is 2.50. The molecule has 0 saturated carbocycles. The van der Waals surface area contributed by atoms with Crippen LogP contribution in [0.4, 0.5) is 0 Å². The van der Waals surface area contributed by atoms with Gasteiger partial charge < -0.3 is 14.9 Å². The first kappa shape index (κ1) is 14.6. The molecule has 1 heterocycles. The van der Waals surface area contributed by atoms with Crippen LogP contribution in [-0.4, -0.2) is 25.5 Å². The van der Waals surface area contributed by atoms with E-state index < -0.39 is 0 Å². The van der Waals surface area contributed by atoms with E-state index in [-0.39, 0.29) is 6.10 Å². The first-order valence-corrected chi connectivity index (χ1v) is 7.47. The monoisotopic (exact) mass is 296 g/mol. The SMILES string of the molecule is COc1cccc(CNC[C@H]2CC(c3ccccc3)=NO2)c1. The maximum absolute atomic E-state index is 5.50. The summed E-state index contributed by atoms with van der Waals surface area (Å²) in [6.07, 6.45) is 0.940. The Bertz CT molecular complexity index is 641. The van der Waals surface area contributed by atoms with Gasteiger partial charge in [0.1, 0.15) is 11.9 Å². The number of hydrogen-bond donors (Lipinski definition) is 1. The summed E-state index contributed by atoms with van der Waals surface area (Å²) in [5, 5.41) is 7.61. The maximum atomic E-state index is 5.50. The summed E-state index contributed by atoms with van der Waals surface area (Å²) in [4.78, 5) is 5.50. The van der Waals surface area contributed by atoms with E-state index >= 15 is 0 Å². The molecule has 22 heavy (non-hydrogen) atoms. The van der Waals surface area contributed by atoms with Crippen LogP contribution in [0.1, 0.15) is 17.5 Å². The lowest BCUT2D eigenvalue weighted by atomic mass is 10.1. The number of methoxy groups -OCH3 is 1. The van der Waals surface area contributed by atoms with Crippen LogP contribution in [0.5, 0.6) is 5.75 Å². The summed E-state index contributed by atoms with van der Waals surface area (Å²) < 4.78 is 5.23. The van der Waals surface area contributed by atoms with Gasteiger partial charge in [-0.2, -0.15) is 0 Å². The van der Waals surface area contributed by atoms with E-state index in [2.05, 4.69) is 28.7 Å². The van der Waals surface area contributed by atoms with E-state index in [9.17, 15) is 0 Å². The van der Waals surface area contributed by atoms with Crippen molar-refractivity contribution in [1.29, 1.82) is 0 Å². The molecule has 0 fully saturated rings. The largest absolute Gasteiger partial charge is 0.497 e. The van der Waals surface area contributed by atoms with Crippen molar-refractivity contribution in [2.75, 3.05) is 13.7 Å². The molecule has 0 aromatic heterocycles. The van der Waals surface area contributed by atoms with Gasteiger partial charge in [0.15, 0.2) is 0 Å². The fourth-order valence-electron chi connectivity index (χ4n) is 2.50. The van der Waals surface area contributed by atoms with Crippen molar-refractivity contribution in [2.24, 2.45) is 5.16 Å². The van der Waals surface area contributed by atoms with Gasteiger partial charge in [-0.25, -0.2) is 0 Å². The van der Waals surface area contributed by atoms with Crippen LogP contribution < -0.4 is 10.1 Å². The predicted molar refractivity (Wildman–Crippen MR) is 87.2 cm³/mol. The second kappa shape index (κ2) is 7.09. The summed E-state index contributed by atoms with van der Waals surface area (Å²) in [5.74, 6) is 0.881. The first-order valence-electron chi connectivity index (χ1n) is 7.47. The summed E-state index contributed by atoms with van der Waals surface area (Å²) in [7, 11) is 1.68. The zero-order valence-electron chi connectivity index (χ0n) is 12.7. The molecule has 2 aromatic carbocycles. The number of rotatable bonds is 6. The minimum absolute atomic E-state index is 0.0980. The topological polar surface area (TPSA) is 42.8 Å². The Balaban J connectivity index is 1.46. The van der Waals surface area contributed by atoms with Gasteiger partial charge in [-0.3, -0.25) is 0 Å². The average molecular weight is 296 g/mol. The van der Waals surface area contributed by atoms with Crippen LogP contribution in [0.3, 0.4) is 0 Å². The van der Waals surface area contributed by atoms with Gasteiger partial charge in [0.05, 0.1) is 12.8 Å². The first-order chi connectivity index (χ1) is 10.8. The van der Waals surface area contributed by atoms with E-state index in [4.69, 9.17) is 9.57 Å². The van der Waals surface area contributed by atoms with Gasteiger partial charge in [-0.15, -0.1) is 0 Å². The summed E-state index contributed by atoms with van der Waals surface area (Å²) in [5.41, 5.74) is 3.35. The molecule has 0 aliphatic carbocycles. The molecule has 114 valence electrons. The Morgan fingerprint density at radius 3 is 2.86 bits per heavy atom. The molecule has 1 atom stereocenters. The summed E-state index contributed by atoms with van der Waals surface area (Å²) in [6, 6.07) is 18.2. The Labute approximate surface area is 130 Å². The van der Waals surface area contributed by atoms with Crippen LogP contribution in [0.15, 0.2) is 59.8 Å². The minimum atomic E-state index is 0.0980. The highest BCUT2D eigenvalue weighted by Crippen LogP contribution is 2.16. The van der Waals surface area contributed by atoms with Gasteiger partial charge in [0, 0.05) is 19.5 Å². The van der Waals surface area contributed by atoms with Crippen molar-refractivity contribution >= 4 is 5.71 Å². The van der Waals surface area contributed by atoms with Crippen molar-refractivity contribution in [2.45, 2.75) is 19.1 Å². The molecule has 4 heteroatoms. The van der Waals surface area contributed by atoms with Gasteiger partial charge in [0.25, 0.3) is 0 Å². The molecule has 2 aromatic rings. The van der Waals surface area contributed by atoms with E-state index in [0.29, 0.717) is 0 Å². The second-order valence-corrected chi connectivity index (χ2v) is 5.32. The number of oxime groups is 1. The van der Waals surface area contributed by atoms with Gasteiger partial charge in [0.2, 0.25) is 0 Å². The molecule has 3 rings (SSSR count). The molecular formula is C18H20N2O2. The van der Waals surface area contributed by atoms with E-state index in [0.717, 1.165) is 36.5 Å². The fraction of sp³-hybridized carbons (Fsp3) is 0.278. The van der Waals surface area contributed by atoms with Crippen molar-refractivity contribution < 1.29 is 9.57 Å². The Hall–Kier alpha value is -2.33. The Morgan fingerprint density at radius 2 is 2.05 bits per heavy atom. The Morgan fingerprint density at radius 1 is 1.18 bits per heavy atom. The van der Waals surface area contributed by atoms with E-state index in [1.165, 1.54) is 5.56 Å². The van der Waals surface area contributed by atoms with Crippen molar-refractivity contribution in [1.82, 2.24) is 5.32 Å². The molecule has 0 unspecified atom stereocenters. The smallest absolute Gasteiger partial charge is 0.145 e. The average Bonchev–Trinajstić information content (AvgIpc) is 3.05. The Kier molecular flexibility index (Phi) is 4.71. The number of ether oxygens (including phenoxy) is 1. The zero-order chi connectivity index (χ0) is 15.2. The lowest BCUT2D eigenvalue weighted by Gasteiger charge is -2.10. The van der Waals surface area contributed by atoms with Crippen LogP contribution in [0, 0.1) is 0 Å². The van der Waals surface area contributed by atoms with Crippen LogP contribution in [0.2, 0.25) is 0 Å². The standard InChI is InChI=1S/C18H20N2O2/c1-21-16-9-5-6-14(10-16)12-19-13-17-11-18(20-22-17)15-7-3-2-4-8-15/h2-10,17,19H,11-13H2,1H3/t17-/m1/s1. The highest BCUT2D eigenvalue weighted by atomic mass is 16.6. The molecule has 1 aliphatic rings. The number of nitrogens with zero attached hydrogens (tertiary/aromatic N) is 1. The van der Waals surface area contributed by atoms with Gasteiger partial charge in [-0.05, 0) is 23.3 Å². The number of hydrogen-bond acceptors (Lipinski definition) is 4. The zero-order valence-corrected chi connectivity index (χ0v) is 12.7. The predicted octanol–water partition coefficient (Wildman–Crippen LogP) is 2.98. The van der Waals surface area contributed by atoms with Crippen molar-refractivity contribution in [3.63, 3.8) is 0 Å². The number of nitrogens with one attached hydrogen (secondary N) is 1. The lowest BCUT2D eigenvalue weighted by Crippen LogP contribution is -2.26. The van der Waals surface area contributed by atoms with Crippen molar-refractivity contribution in [3.8, 4) is 5.75 Å². The third kappa shape index (κ3) is 3.65. The second-order valence-electron chi connectivity index (χ2n) is 5.32. The molecule has 1 N–H and O–H groups in total. The highest BCUT2D eigenvalue weighted by Gasteiger charge is 2.21. The normalized spacial score (nSPS) is 17.0. The molecular weight excluding hydrogens is 276 g/mol. The molecule has 4 nitrogen and oxygen atoms in total. The van der Waals surface area contributed by atoms with E-state index in [1.807, 2.05) is 36.4 Å². The van der Waals surface area contributed by atoms with Crippen LogP contribution in [-0.2, 0) is 11.4 Å². The summed E-state index contributed by atoms with van der Waals surface area (Å²) >= 11 is 0. The van der Waals surface area contributed by atoms with Gasteiger partial charge >= 0.3 is 0 Å². The van der Waals surface area contributed by atoms with Crippen LogP contribution in [0.25, 0.3) is 0 Å². The van der Waals surface area contributed by atoms with Gasteiger partial charge in [-0.1, -0.05) is 47.6 Å². The lowest BCUT2D eigenvalue weighted by molar-refractivity contribution is 0.0848. The summed E-state index contributed by atoms with van der Waals surface area (Å²) in [6.45, 7) is 1.56. The van der Waals surface area contributed by atoms with Crippen LogP contribution >= 0.6 is 0 Å². The quantitative estimate of drug-likeness (QED) is 0.891. The molecule has 0 spiro atoms. The third-order valence-corrected chi connectivity index (χ3v) is 3.68. The minimum Gasteiger partial charge on any atom is -0.497 e. The number of benzene rings is 2.